The molecule has 0 fully saturated rings. The van der Waals surface area contributed by atoms with Gasteiger partial charge in [0.25, 0.3) is 0 Å². The summed E-state index contributed by atoms with van der Waals surface area (Å²) >= 11 is 0. The first-order valence-corrected chi connectivity index (χ1v) is 7.49. The Morgan fingerprint density at radius 3 is 2.71 bits per heavy atom. The minimum absolute atomic E-state index is 0.0878. The van der Waals surface area contributed by atoms with E-state index < -0.39 is 24.0 Å². The van der Waals surface area contributed by atoms with Crippen LogP contribution >= 0.6 is 0 Å². The van der Waals surface area contributed by atoms with E-state index in [2.05, 4.69) is 4.74 Å². The van der Waals surface area contributed by atoms with Crippen LogP contribution in [-0.2, 0) is 14.3 Å². The van der Waals surface area contributed by atoms with Gasteiger partial charge in [-0.25, -0.2) is 4.79 Å². The molecule has 0 aliphatic rings. The topological polar surface area (TPSA) is 78.0 Å². The SMILES string of the molecule is CCOC(=O)C(=O)CC(=O)c1c(-c2ccco2)cc2ccccn12. The normalized spacial score (nSPS) is 10.7. The van der Waals surface area contributed by atoms with Crippen LogP contribution < -0.4 is 0 Å². The van der Waals surface area contributed by atoms with Crippen molar-refractivity contribution in [2.24, 2.45) is 0 Å². The molecule has 0 atom stereocenters. The Labute approximate surface area is 137 Å². The van der Waals surface area contributed by atoms with Gasteiger partial charge in [0.15, 0.2) is 5.78 Å². The molecule has 122 valence electrons. The smallest absolute Gasteiger partial charge is 0.375 e. The van der Waals surface area contributed by atoms with Gasteiger partial charge in [-0.2, -0.15) is 0 Å². The minimum atomic E-state index is -0.994. The van der Waals surface area contributed by atoms with Crippen molar-refractivity contribution in [3.05, 3.63) is 54.6 Å². The van der Waals surface area contributed by atoms with E-state index in [1.807, 2.05) is 12.1 Å². The van der Waals surface area contributed by atoms with E-state index in [0.717, 1.165) is 5.52 Å². The highest BCUT2D eigenvalue weighted by molar-refractivity contribution is 6.38. The summed E-state index contributed by atoms with van der Waals surface area (Å²) in [5, 5.41) is 0. The lowest BCUT2D eigenvalue weighted by Crippen LogP contribution is -2.21. The number of aromatic nitrogens is 1. The van der Waals surface area contributed by atoms with Crippen molar-refractivity contribution < 1.29 is 23.5 Å². The summed E-state index contributed by atoms with van der Waals surface area (Å²) in [7, 11) is 0. The number of ether oxygens (including phenoxy) is 1. The molecule has 3 rings (SSSR count). The van der Waals surface area contributed by atoms with Crippen LogP contribution in [0.5, 0.6) is 0 Å². The summed E-state index contributed by atoms with van der Waals surface area (Å²) in [5.41, 5.74) is 1.67. The lowest BCUT2D eigenvalue weighted by atomic mass is 10.1. The van der Waals surface area contributed by atoms with Gasteiger partial charge in [-0.1, -0.05) is 6.07 Å². The van der Waals surface area contributed by atoms with Gasteiger partial charge in [0.2, 0.25) is 5.78 Å². The predicted molar refractivity (Wildman–Crippen MR) is 85.7 cm³/mol. The van der Waals surface area contributed by atoms with Crippen LogP contribution in [0.15, 0.2) is 53.3 Å². The molecule has 0 aliphatic heterocycles. The molecule has 0 spiro atoms. The molecule has 6 nitrogen and oxygen atoms in total. The van der Waals surface area contributed by atoms with Gasteiger partial charge < -0.3 is 13.6 Å². The maximum Gasteiger partial charge on any atom is 0.375 e. The number of pyridine rings is 1. The van der Waals surface area contributed by atoms with Gasteiger partial charge in [0, 0.05) is 17.3 Å². The highest BCUT2D eigenvalue weighted by Gasteiger charge is 2.25. The maximum atomic E-state index is 12.7. The van der Waals surface area contributed by atoms with Crippen molar-refractivity contribution in [3.8, 4) is 11.3 Å². The average molecular weight is 325 g/mol. The Hall–Kier alpha value is -3.15. The minimum Gasteiger partial charge on any atom is -0.464 e. The lowest BCUT2D eigenvalue weighted by molar-refractivity contribution is -0.153. The van der Waals surface area contributed by atoms with E-state index >= 15 is 0 Å². The van der Waals surface area contributed by atoms with Gasteiger partial charge >= 0.3 is 5.97 Å². The summed E-state index contributed by atoms with van der Waals surface area (Å²) < 4.78 is 11.7. The number of carbonyl (C=O) groups excluding carboxylic acids is 3. The summed E-state index contributed by atoms with van der Waals surface area (Å²) in [4.78, 5) is 36.0. The Morgan fingerprint density at radius 2 is 2.00 bits per heavy atom. The van der Waals surface area contributed by atoms with Gasteiger partial charge in [0.1, 0.15) is 11.5 Å². The largest absolute Gasteiger partial charge is 0.464 e. The number of rotatable bonds is 6. The fourth-order valence-corrected chi connectivity index (χ4v) is 2.54. The number of fused-ring (bicyclic) bond motifs is 1. The molecule has 0 aromatic carbocycles. The number of ketones is 2. The molecular weight excluding hydrogens is 310 g/mol. The number of hydrogen-bond donors (Lipinski definition) is 0. The van der Waals surface area contributed by atoms with Crippen LogP contribution in [-0.4, -0.2) is 28.5 Å². The van der Waals surface area contributed by atoms with Crippen LogP contribution in [0.1, 0.15) is 23.8 Å². The first-order valence-electron chi connectivity index (χ1n) is 7.49. The third-order valence-corrected chi connectivity index (χ3v) is 3.55. The van der Waals surface area contributed by atoms with E-state index in [-0.39, 0.29) is 6.61 Å². The number of nitrogens with zero attached hydrogens (tertiary/aromatic N) is 1. The van der Waals surface area contributed by atoms with Crippen molar-refractivity contribution in [2.75, 3.05) is 6.61 Å². The van der Waals surface area contributed by atoms with Gasteiger partial charge in [0.05, 0.1) is 19.3 Å². The summed E-state index contributed by atoms with van der Waals surface area (Å²) in [5.74, 6) is -1.80. The second-order valence-electron chi connectivity index (χ2n) is 5.12. The molecular formula is C18H15NO5. The molecule has 0 unspecified atom stereocenters. The Kier molecular flexibility index (Phi) is 4.29. The number of Topliss-reactive ketones (excluding diaryl/α,β-unsaturated/α-hetero) is 2. The first-order chi connectivity index (χ1) is 11.6. The maximum absolute atomic E-state index is 12.7. The standard InChI is InChI=1S/C18H15NO5/c1-2-23-18(22)15(21)11-14(20)17-13(16-7-5-9-24-16)10-12-6-3-4-8-19(12)17/h3-10H,2,11H2,1H3. The molecule has 0 aliphatic carbocycles. The third-order valence-electron chi connectivity index (χ3n) is 3.55. The number of esters is 1. The monoisotopic (exact) mass is 325 g/mol. The highest BCUT2D eigenvalue weighted by atomic mass is 16.5. The molecule has 6 heteroatoms. The van der Waals surface area contributed by atoms with E-state index in [1.165, 1.54) is 6.26 Å². The van der Waals surface area contributed by atoms with Crippen LogP contribution in [0.25, 0.3) is 16.8 Å². The van der Waals surface area contributed by atoms with Gasteiger partial charge in [-0.3, -0.25) is 9.59 Å². The fourth-order valence-electron chi connectivity index (χ4n) is 2.54. The third kappa shape index (κ3) is 2.86. The molecule has 0 saturated heterocycles. The average Bonchev–Trinajstić information content (AvgIpc) is 3.22. The molecule has 0 saturated carbocycles. The quantitative estimate of drug-likeness (QED) is 0.301. The van der Waals surface area contributed by atoms with Crippen molar-refractivity contribution in [3.63, 3.8) is 0 Å². The van der Waals surface area contributed by atoms with Crippen molar-refractivity contribution >= 4 is 23.1 Å². The van der Waals surface area contributed by atoms with Gasteiger partial charge in [-0.05, 0) is 37.3 Å². The van der Waals surface area contributed by atoms with E-state index in [4.69, 9.17) is 4.42 Å². The summed E-state index contributed by atoms with van der Waals surface area (Å²) in [6, 6.07) is 10.7. The molecule has 0 amide bonds. The van der Waals surface area contributed by atoms with Crippen molar-refractivity contribution in [1.29, 1.82) is 0 Å². The van der Waals surface area contributed by atoms with E-state index in [1.54, 1.807) is 41.8 Å². The summed E-state index contributed by atoms with van der Waals surface area (Å²) in [6.45, 7) is 1.69. The number of hydrogen-bond acceptors (Lipinski definition) is 5. The van der Waals surface area contributed by atoms with E-state index in [0.29, 0.717) is 17.0 Å². The van der Waals surface area contributed by atoms with Crippen LogP contribution in [0, 0.1) is 0 Å². The molecule has 0 bridgehead atoms. The van der Waals surface area contributed by atoms with Crippen molar-refractivity contribution in [2.45, 2.75) is 13.3 Å². The fraction of sp³-hybridized carbons (Fsp3) is 0.167. The van der Waals surface area contributed by atoms with Crippen molar-refractivity contribution in [1.82, 2.24) is 4.40 Å². The molecule has 0 N–H and O–H groups in total. The molecule has 3 heterocycles. The van der Waals surface area contributed by atoms with Crippen LogP contribution in [0.2, 0.25) is 0 Å². The Morgan fingerprint density at radius 1 is 1.17 bits per heavy atom. The van der Waals surface area contributed by atoms with Gasteiger partial charge in [-0.15, -0.1) is 0 Å². The Bertz CT molecular complexity index is 905. The van der Waals surface area contributed by atoms with E-state index in [9.17, 15) is 14.4 Å². The Balaban J connectivity index is 2.01. The van der Waals surface area contributed by atoms with Crippen LogP contribution in [0.4, 0.5) is 0 Å². The number of carbonyl (C=O) groups is 3. The van der Waals surface area contributed by atoms with Crippen LogP contribution in [0.3, 0.4) is 0 Å². The molecule has 0 radical (unpaired) electrons. The zero-order valence-electron chi connectivity index (χ0n) is 13.0. The second-order valence-corrected chi connectivity index (χ2v) is 5.12. The molecule has 3 aromatic heterocycles. The first kappa shape index (κ1) is 15.7. The number of furan rings is 1. The molecule has 24 heavy (non-hydrogen) atoms. The molecule has 3 aromatic rings. The summed E-state index contributed by atoms with van der Waals surface area (Å²) in [6.07, 6.45) is 2.69. The highest BCUT2D eigenvalue weighted by Crippen LogP contribution is 2.29. The second kappa shape index (κ2) is 6.54. The predicted octanol–water partition coefficient (Wildman–Crippen LogP) is 2.90. The zero-order chi connectivity index (χ0) is 17.1. The zero-order valence-corrected chi connectivity index (χ0v) is 13.0. The lowest BCUT2D eigenvalue weighted by Gasteiger charge is -2.04.